The quantitative estimate of drug-likeness (QED) is 0.911. The van der Waals surface area contributed by atoms with Crippen molar-refractivity contribution in [3.8, 4) is 11.5 Å². The molecule has 2 heterocycles. The van der Waals surface area contributed by atoms with E-state index in [-0.39, 0.29) is 10.9 Å². The largest absolute Gasteiger partial charge is 0.497 e. The topological polar surface area (TPSA) is 71.6 Å². The van der Waals surface area contributed by atoms with Gasteiger partial charge in [0.05, 0.1) is 20.3 Å². The van der Waals surface area contributed by atoms with Crippen molar-refractivity contribution in [1.29, 1.82) is 0 Å². The van der Waals surface area contributed by atoms with Crippen molar-refractivity contribution in [2.24, 2.45) is 0 Å². The average molecular weight is 336 g/mol. The fraction of sp³-hybridized carbons (Fsp3) is 0.375. The highest BCUT2D eigenvalue weighted by Gasteiger charge is 2.38. The van der Waals surface area contributed by atoms with Crippen LogP contribution >= 0.6 is 0 Å². The van der Waals surface area contributed by atoms with Crippen molar-refractivity contribution in [3.63, 3.8) is 0 Å². The van der Waals surface area contributed by atoms with Crippen LogP contribution in [0.1, 0.15) is 24.6 Å². The standard InChI is InChI=1S/C16H20N2O4S/c1-21-12-7-8-15(22-2)16(11-12)23(19,20)18-10-4-6-14(18)13-5-3-9-17-13/h3,5,7-9,11,14,17H,4,6,10H2,1-2H3. The Morgan fingerprint density at radius 1 is 1.22 bits per heavy atom. The van der Waals surface area contributed by atoms with Gasteiger partial charge in [-0.2, -0.15) is 4.31 Å². The Labute approximate surface area is 136 Å². The van der Waals surface area contributed by atoms with E-state index in [1.165, 1.54) is 24.6 Å². The van der Waals surface area contributed by atoms with Crippen LogP contribution in [0, 0.1) is 0 Å². The Morgan fingerprint density at radius 2 is 2.04 bits per heavy atom. The van der Waals surface area contributed by atoms with E-state index in [0.717, 1.165) is 18.5 Å². The summed E-state index contributed by atoms with van der Waals surface area (Å²) < 4.78 is 38.3. The van der Waals surface area contributed by atoms with Crippen molar-refractivity contribution in [1.82, 2.24) is 9.29 Å². The average Bonchev–Trinajstić information content (AvgIpc) is 3.24. The molecular weight excluding hydrogens is 316 g/mol. The third-order valence-electron chi connectivity index (χ3n) is 4.14. The minimum Gasteiger partial charge on any atom is -0.497 e. The molecule has 1 aliphatic heterocycles. The van der Waals surface area contributed by atoms with Gasteiger partial charge in [-0.25, -0.2) is 8.42 Å². The number of rotatable bonds is 5. The number of nitrogens with zero attached hydrogens (tertiary/aromatic N) is 1. The van der Waals surface area contributed by atoms with Gasteiger partial charge >= 0.3 is 0 Å². The molecule has 1 atom stereocenters. The second kappa shape index (κ2) is 6.25. The lowest BCUT2D eigenvalue weighted by Crippen LogP contribution is -2.31. The van der Waals surface area contributed by atoms with E-state index in [0.29, 0.717) is 18.0 Å². The lowest BCUT2D eigenvalue weighted by atomic mass is 10.2. The molecule has 1 aliphatic rings. The van der Waals surface area contributed by atoms with E-state index in [1.54, 1.807) is 12.1 Å². The van der Waals surface area contributed by atoms with E-state index in [1.807, 2.05) is 18.3 Å². The molecule has 1 aromatic heterocycles. The van der Waals surface area contributed by atoms with Gasteiger partial charge in [-0.15, -0.1) is 0 Å². The monoisotopic (exact) mass is 336 g/mol. The second-order valence-corrected chi connectivity index (χ2v) is 7.28. The van der Waals surface area contributed by atoms with Crippen LogP contribution < -0.4 is 9.47 Å². The third kappa shape index (κ3) is 2.82. The number of sulfonamides is 1. The van der Waals surface area contributed by atoms with E-state index in [2.05, 4.69) is 4.98 Å². The number of aromatic amines is 1. The van der Waals surface area contributed by atoms with Crippen LogP contribution in [0.5, 0.6) is 11.5 Å². The molecule has 7 heteroatoms. The molecule has 0 bridgehead atoms. The Balaban J connectivity index is 2.04. The smallest absolute Gasteiger partial charge is 0.247 e. The van der Waals surface area contributed by atoms with Gasteiger partial charge in [0.2, 0.25) is 10.0 Å². The molecule has 0 spiro atoms. The summed E-state index contributed by atoms with van der Waals surface area (Å²) in [5.74, 6) is 0.808. The highest BCUT2D eigenvalue weighted by Crippen LogP contribution is 2.39. The second-order valence-electron chi connectivity index (χ2n) is 5.42. The zero-order chi connectivity index (χ0) is 16.4. The van der Waals surface area contributed by atoms with Crippen LogP contribution in [0.3, 0.4) is 0 Å². The van der Waals surface area contributed by atoms with E-state index >= 15 is 0 Å². The minimum absolute atomic E-state index is 0.137. The molecule has 2 aromatic rings. The molecule has 1 fully saturated rings. The summed E-state index contributed by atoms with van der Waals surface area (Å²) in [6, 6.07) is 8.44. The van der Waals surface area contributed by atoms with Crippen LogP contribution in [0.4, 0.5) is 0 Å². The highest BCUT2D eigenvalue weighted by molar-refractivity contribution is 7.89. The van der Waals surface area contributed by atoms with Gasteiger partial charge in [0.15, 0.2) is 0 Å². The molecule has 1 saturated heterocycles. The van der Waals surface area contributed by atoms with Gasteiger partial charge in [0.25, 0.3) is 0 Å². The lowest BCUT2D eigenvalue weighted by Gasteiger charge is -2.24. The first kappa shape index (κ1) is 15.9. The fourth-order valence-electron chi connectivity index (χ4n) is 3.00. The summed E-state index contributed by atoms with van der Waals surface area (Å²) in [5, 5.41) is 0. The number of aromatic nitrogens is 1. The first-order valence-corrected chi connectivity index (χ1v) is 8.89. The van der Waals surface area contributed by atoms with Crippen molar-refractivity contribution in [2.75, 3.05) is 20.8 Å². The number of H-pyrrole nitrogens is 1. The molecule has 124 valence electrons. The van der Waals surface area contributed by atoms with Gasteiger partial charge in [-0.1, -0.05) is 0 Å². The molecule has 3 rings (SSSR count). The summed E-state index contributed by atoms with van der Waals surface area (Å²) >= 11 is 0. The van der Waals surface area contributed by atoms with E-state index < -0.39 is 10.0 Å². The molecule has 6 nitrogen and oxygen atoms in total. The van der Waals surface area contributed by atoms with Gasteiger partial charge < -0.3 is 14.5 Å². The van der Waals surface area contributed by atoms with Crippen LogP contribution in [-0.4, -0.2) is 38.5 Å². The van der Waals surface area contributed by atoms with Crippen molar-refractivity contribution in [2.45, 2.75) is 23.8 Å². The summed E-state index contributed by atoms with van der Waals surface area (Å²) in [6.07, 6.45) is 3.44. The molecular formula is C16H20N2O4S. The molecule has 1 aromatic carbocycles. The molecule has 1 N–H and O–H groups in total. The number of hydrogen-bond donors (Lipinski definition) is 1. The number of nitrogens with one attached hydrogen (secondary N) is 1. The Bertz CT molecular complexity index is 771. The SMILES string of the molecule is COc1ccc(OC)c(S(=O)(=O)N2CCCC2c2ccc[nH]2)c1. The van der Waals surface area contributed by atoms with Crippen LogP contribution in [0.15, 0.2) is 41.4 Å². The maximum Gasteiger partial charge on any atom is 0.247 e. The summed E-state index contributed by atoms with van der Waals surface area (Å²) in [6.45, 7) is 0.492. The Hall–Kier alpha value is -1.99. The van der Waals surface area contributed by atoms with Gasteiger partial charge in [0, 0.05) is 24.5 Å². The molecule has 23 heavy (non-hydrogen) atoms. The summed E-state index contributed by atoms with van der Waals surface area (Å²) in [7, 11) is -0.706. The maximum absolute atomic E-state index is 13.2. The molecule has 1 unspecified atom stereocenters. The first-order valence-electron chi connectivity index (χ1n) is 7.45. The number of methoxy groups -OCH3 is 2. The molecule has 0 radical (unpaired) electrons. The molecule has 0 aliphatic carbocycles. The van der Waals surface area contributed by atoms with Crippen LogP contribution in [0.25, 0.3) is 0 Å². The predicted molar refractivity (Wildman–Crippen MR) is 86.2 cm³/mol. The van der Waals surface area contributed by atoms with E-state index in [4.69, 9.17) is 9.47 Å². The van der Waals surface area contributed by atoms with Crippen molar-refractivity contribution < 1.29 is 17.9 Å². The number of hydrogen-bond acceptors (Lipinski definition) is 4. The zero-order valence-electron chi connectivity index (χ0n) is 13.2. The van der Waals surface area contributed by atoms with Gasteiger partial charge in [-0.05, 0) is 37.1 Å². The van der Waals surface area contributed by atoms with Crippen molar-refractivity contribution in [3.05, 3.63) is 42.2 Å². The van der Waals surface area contributed by atoms with Crippen LogP contribution in [0.2, 0.25) is 0 Å². The Kier molecular flexibility index (Phi) is 4.32. The highest BCUT2D eigenvalue weighted by atomic mass is 32.2. The summed E-state index contributed by atoms with van der Waals surface area (Å²) in [4.78, 5) is 3.26. The fourth-order valence-corrected chi connectivity index (χ4v) is 4.85. The normalized spacial score (nSPS) is 19.0. The van der Waals surface area contributed by atoms with Gasteiger partial charge in [-0.3, -0.25) is 0 Å². The minimum atomic E-state index is -3.68. The molecule has 0 amide bonds. The molecule has 0 saturated carbocycles. The first-order chi connectivity index (χ1) is 11.1. The Morgan fingerprint density at radius 3 is 2.70 bits per heavy atom. The third-order valence-corrected chi connectivity index (χ3v) is 6.07. The predicted octanol–water partition coefficient (Wildman–Crippen LogP) is 2.56. The van der Waals surface area contributed by atoms with Crippen molar-refractivity contribution >= 4 is 10.0 Å². The lowest BCUT2D eigenvalue weighted by molar-refractivity contribution is 0.373. The van der Waals surface area contributed by atoms with Gasteiger partial charge in [0.1, 0.15) is 16.4 Å². The van der Waals surface area contributed by atoms with Crippen LogP contribution in [-0.2, 0) is 10.0 Å². The van der Waals surface area contributed by atoms with E-state index in [9.17, 15) is 8.42 Å². The zero-order valence-corrected chi connectivity index (χ0v) is 14.0. The summed E-state index contributed by atoms with van der Waals surface area (Å²) in [5.41, 5.74) is 0.910. The maximum atomic E-state index is 13.2. The number of benzene rings is 1. The number of ether oxygens (including phenoxy) is 2.